The minimum absolute atomic E-state index is 0.0488. The van der Waals surface area contributed by atoms with Crippen LogP contribution in [0.2, 0.25) is 0 Å². The van der Waals surface area contributed by atoms with Crippen molar-refractivity contribution >= 4 is 52.3 Å². The van der Waals surface area contributed by atoms with Crippen LogP contribution in [-0.4, -0.2) is 206 Å². The Kier molecular flexibility index (Phi) is 18.7. The van der Waals surface area contributed by atoms with Crippen LogP contribution < -0.4 is 37.2 Å². The molecular weight excluding hydrogens is 977 g/mol. The number of aromatic nitrogens is 1. The highest BCUT2D eigenvalue weighted by Crippen LogP contribution is 2.30. The summed E-state index contributed by atoms with van der Waals surface area (Å²) in [5, 5.41) is 92.4. The molecule has 0 saturated carbocycles. The van der Waals surface area contributed by atoms with E-state index in [2.05, 4.69) is 42.2 Å². The standard InChI is InChI=1S/C48H64N8O18/c1-21(2)12-26-41(65)56-31(20-71-47-39(64)40(36(61)33(19-58)72-47)74-48-38(63)37(62)35(60)32(18-57)73-48)46(70)54-29-15-34(59)50-17-30(45(69)51-26)55-42(66)27(13-22-8-4-3-5-9-22)52-43(67)28(53-44(29)68)14-23-16-49-25-11-7-6-10-24(23)25/h3-11,16,21,26-33,35-40,47-49,57-58,60-64H,12-15,17-20H2,1-2H3,(H,50,59)(H,51,69)(H,52,67)(H,53,68)(H,54,70)(H,55,66)(H,56,65)/t26-,27-,28-,29+,30+,31-,32+,33+,35-,36-,37-,38+,39+,40-,47+,48?/m0/s1. The number of carbonyl (C=O) groups excluding carboxylic acids is 7. The van der Waals surface area contributed by atoms with Gasteiger partial charge in [-0.3, -0.25) is 33.6 Å². The van der Waals surface area contributed by atoms with Crippen molar-refractivity contribution in [3.63, 3.8) is 0 Å². The van der Waals surface area contributed by atoms with Crippen LogP contribution in [0.3, 0.4) is 0 Å². The summed E-state index contributed by atoms with van der Waals surface area (Å²) in [6.45, 7) is 0.209. The van der Waals surface area contributed by atoms with Crippen LogP contribution in [0.25, 0.3) is 10.9 Å². The molecule has 2 bridgehead atoms. The molecule has 0 spiro atoms. The molecule has 5 heterocycles. The summed E-state index contributed by atoms with van der Waals surface area (Å²) in [6, 6.07) is 6.31. The second kappa shape index (κ2) is 24.9. The van der Waals surface area contributed by atoms with Gasteiger partial charge in [0.15, 0.2) is 12.6 Å². The molecule has 26 heteroatoms. The number of rotatable bonds is 13. The van der Waals surface area contributed by atoms with Crippen LogP contribution in [0.1, 0.15) is 37.8 Å². The number of aliphatic hydroxyl groups is 7. The number of fused-ring (bicyclic) bond motifs is 6. The lowest BCUT2D eigenvalue weighted by Gasteiger charge is -2.46. The maximum absolute atomic E-state index is 14.6. The Morgan fingerprint density at radius 2 is 1.16 bits per heavy atom. The van der Waals surface area contributed by atoms with E-state index < -0.39 is 172 Å². The summed E-state index contributed by atoms with van der Waals surface area (Å²) in [6.07, 6.45) is -17.8. The molecular formula is C48H64N8O18. The first-order chi connectivity index (χ1) is 35.3. The number of nitrogens with one attached hydrogen (secondary N) is 8. The summed E-state index contributed by atoms with van der Waals surface area (Å²) in [7, 11) is 0. The number of H-pyrrole nitrogens is 1. The summed E-state index contributed by atoms with van der Waals surface area (Å²) in [5.41, 5.74) is 1.90. The van der Waals surface area contributed by atoms with E-state index in [1.54, 1.807) is 74.6 Å². The fourth-order valence-corrected chi connectivity index (χ4v) is 9.08. The lowest BCUT2D eigenvalue weighted by molar-refractivity contribution is -0.360. The fourth-order valence-electron chi connectivity index (χ4n) is 9.08. The number of hydrogen-bond donors (Lipinski definition) is 15. The van der Waals surface area contributed by atoms with Gasteiger partial charge in [0, 0.05) is 36.5 Å². The van der Waals surface area contributed by atoms with Crippen LogP contribution in [-0.2, 0) is 65.4 Å². The Balaban J connectivity index is 1.22. The lowest BCUT2D eigenvalue weighted by atomic mass is 9.97. The third kappa shape index (κ3) is 13.4. The summed E-state index contributed by atoms with van der Waals surface area (Å²) >= 11 is 0. The largest absolute Gasteiger partial charge is 0.394 e. The van der Waals surface area contributed by atoms with E-state index in [-0.39, 0.29) is 25.2 Å². The second-order valence-electron chi connectivity index (χ2n) is 19.1. The molecule has 7 rings (SSSR count). The van der Waals surface area contributed by atoms with Gasteiger partial charge in [-0.05, 0) is 29.5 Å². The summed E-state index contributed by atoms with van der Waals surface area (Å²) in [5.74, 6) is -6.99. The smallest absolute Gasteiger partial charge is 0.245 e. The summed E-state index contributed by atoms with van der Waals surface area (Å²) < 4.78 is 22.5. The first-order valence-corrected chi connectivity index (χ1v) is 24.2. The lowest BCUT2D eigenvalue weighted by Crippen LogP contribution is -2.65. The van der Waals surface area contributed by atoms with Crippen molar-refractivity contribution < 1.29 is 88.3 Å². The van der Waals surface area contributed by atoms with Crippen LogP contribution in [0.5, 0.6) is 0 Å². The van der Waals surface area contributed by atoms with E-state index >= 15 is 0 Å². The highest BCUT2D eigenvalue weighted by molar-refractivity contribution is 6.00. The molecule has 0 radical (unpaired) electrons. The normalized spacial score (nSPS) is 33.9. The number of benzene rings is 2. The van der Waals surface area contributed by atoms with E-state index in [0.717, 1.165) is 0 Å². The number of amides is 7. The highest BCUT2D eigenvalue weighted by atomic mass is 16.7. The van der Waals surface area contributed by atoms with Gasteiger partial charge in [0.1, 0.15) is 85.1 Å². The topological polar surface area (TPSA) is 398 Å². The molecule has 16 atom stereocenters. The number of para-hydroxylation sites is 1. The minimum Gasteiger partial charge on any atom is -0.394 e. The summed E-state index contributed by atoms with van der Waals surface area (Å²) in [4.78, 5) is 103. The molecule has 2 aromatic carbocycles. The van der Waals surface area contributed by atoms with Crippen LogP contribution in [0.15, 0.2) is 60.8 Å². The zero-order valence-corrected chi connectivity index (χ0v) is 40.4. The van der Waals surface area contributed by atoms with Gasteiger partial charge in [-0.25, -0.2) is 0 Å². The maximum atomic E-state index is 14.6. The Morgan fingerprint density at radius 1 is 0.595 bits per heavy atom. The van der Waals surface area contributed by atoms with Crippen LogP contribution >= 0.6 is 0 Å². The first kappa shape index (κ1) is 55.6. The molecule has 0 aliphatic carbocycles. The van der Waals surface area contributed by atoms with Gasteiger partial charge in [0.25, 0.3) is 0 Å². The van der Waals surface area contributed by atoms with Crippen LogP contribution in [0, 0.1) is 5.92 Å². The van der Waals surface area contributed by atoms with E-state index in [4.69, 9.17) is 18.9 Å². The second-order valence-corrected chi connectivity index (χ2v) is 19.1. The van der Waals surface area contributed by atoms with Crippen molar-refractivity contribution in [2.45, 2.75) is 137 Å². The molecule has 4 fully saturated rings. The van der Waals surface area contributed by atoms with E-state index in [0.29, 0.717) is 22.0 Å². The third-order valence-corrected chi connectivity index (χ3v) is 13.2. The molecule has 7 amide bonds. The third-order valence-electron chi connectivity index (χ3n) is 13.2. The van der Waals surface area contributed by atoms with Gasteiger partial charge in [-0.1, -0.05) is 62.4 Å². The van der Waals surface area contributed by atoms with Crippen molar-refractivity contribution in [2.24, 2.45) is 5.92 Å². The zero-order chi connectivity index (χ0) is 53.4. The zero-order valence-electron chi connectivity index (χ0n) is 40.4. The molecule has 74 heavy (non-hydrogen) atoms. The van der Waals surface area contributed by atoms with E-state index in [1.165, 1.54) is 0 Å². The predicted octanol–water partition coefficient (Wildman–Crippen LogP) is -5.92. The maximum Gasteiger partial charge on any atom is 0.245 e. The monoisotopic (exact) mass is 1040 g/mol. The molecule has 404 valence electrons. The average molecular weight is 1040 g/mol. The minimum atomic E-state index is -2.06. The Bertz CT molecular complexity index is 2460. The number of hydrogen-bond acceptors (Lipinski definition) is 18. The van der Waals surface area contributed by atoms with Crippen LogP contribution in [0.4, 0.5) is 0 Å². The van der Waals surface area contributed by atoms with Gasteiger partial charge in [-0.15, -0.1) is 0 Å². The molecule has 4 saturated heterocycles. The number of carbonyl (C=O) groups is 7. The molecule has 3 aromatic rings. The molecule has 15 N–H and O–H groups in total. The van der Waals surface area contributed by atoms with Gasteiger partial charge in [0.2, 0.25) is 41.4 Å². The Hall–Kier alpha value is -6.17. The van der Waals surface area contributed by atoms with Gasteiger partial charge in [0.05, 0.1) is 26.2 Å². The van der Waals surface area contributed by atoms with Crippen molar-refractivity contribution in [1.82, 2.24) is 42.2 Å². The van der Waals surface area contributed by atoms with Crippen molar-refractivity contribution in [3.8, 4) is 0 Å². The molecule has 1 aromatic heterocycles. The molecule has 4 aliphatic rings. The number of ether oxygens (including phenoxy) is 4. The van der Waals surface area contributed by atoms with Crippen molar-refractivity contribution in [1.29, 1.82) is 0 Å². The fraction of sp³-hybridized carbons (Fsp3) is 0.562. The SMILES string of the molecule is CC(C)C[C@@H]1NC(=O)[C@H]2CNC(=O)C[C@@H](NC(=O)[C@H](CO[C@@H]3O[C@H](CO)[C@H](O)[C@H](OC4O[C@H](CO)[C@H](O)[C@H](O)[C@H]4O)[C@H]3O)NC1=O)C(=O)N[C@@H](Cc1c[nH]c3ccccc13)C(=O)N[C@@H](Cc1ccccc1)C(=O)N2. The molecule has 26 nitrogen and oxygen atoms in total. The van der Waals surface area contributed by atoms with Crippen molar-refractivity contribution in [2.75, 3.05) is 26.4 Å². The van der Waals surface area contributed by atoms with Gasteiger partial charge in [-0.2, -0.15) is 0 Å². The van der Waals surface area contributed by atoms with Gasteiger partial charge < -0.3 is 96.9 Å². The highest BCUT2D eigenvalue weighted by Gasteiger charge is 2.51. The van der Waals surface area contributed by atoms with Gasteiger partial charge >= 0.3 is 0 Å². The van der Waals surface area contributed by atoms with E-state index in [1.807, 2.05) is 0 Å². The number of aliphatic hydroxyl groups excluding tert-OH is 7. The van der Waals surface area contributed by atoms with E-state index in [9.17, 15) is 69.3 Å². The Labute approximate surface area is 423 Å². The Morgan fingerprint density at radius 3 is 1.88 bits per heavy atom. The average Bonchev–Trinajstić information content (AvgIpc) is 3.78. The predicted molar refractivity (Wildman–Crippen MR) is 253 cm³/mol. The number of aromatic amines is 1. The molecule has 1 unspecified atom stereocenters. The van der Waals surface area contributed by atoms with Crippen molar-refractivity contribution in [3.05, 3.63) is 71.9 Å². The first-order valence-electron chi connectivity index (χ1n) is 24.2. The molecule has 4 aliphatic heterocycles. The quantitative estimate of drug-likeness (QED) is 0.0758.